The zero-order valence-corrected chi connectivity index (χ0v) is 29.0. The lowest BCUT2D eigenvalue weighted by atomic mass is 9.76. The number of rotatable bonds is 10. The number of hydrogen-bond donors (Lipinski definition) is 0. The Morgan fingerprint density at radius 1 is 0.587 bits per heavy atom. The molecule has 7 nitrogen and oxygen atoms in total. The van der Waals surface area contributed by atoms with Crippen LogP contribution in [-0.2, 0) is 10.8 Å². The van der Waals surface area contributed by atoms with Crippen LogP contribution in [0.5, 0.6) is 5.75 Å². The lowest BCUT2D eigenvalue weighted by Crippen LogP contribution is -2.44. The number of unbranched alkanes of at least 4 members (excludes halogenated alkanes) is 4. The summed E-state index contributed by atoms with van der Waals surface area (Å²) in [6, 6.07) is 9.25. The second kappa shape index (κ2) is 12.3. The number of nitrogens with zero attached hydrogens (tertiary/aromatic N) is 2. The highest BCUT2D eigenvalue weighted by Gasteiger charge is 2.41. The van der Waals surface area contributed by atoms with Crippen molar-refractivity contribution in [1.29, 1.82) is 0 Å². The Morgan fingerprint density at radius 2 is 1.04 bits per heavy atom. The quantitative estimate of drug-likeness (QED) is 0.166. The highest BCUT2D eigenvalue weighted by atomic mass is 16.5. The molecule has 0 bridgehead atoms. The van der Waals surface area contributed by atoms with E-state index in [1.54, 1.807) is 25.3 Å². The predicted octanol–water partition coefficient (Wildman–Crippen LogP) is 8.68. The van der Waals surface area contributed by atoms with Crippen molar-refractivity contribution in [2.75, 3.05) is 20.2 Å². The number of carbonyl (C=O) groups is 4. The van der Waals surface area contributed by atoms with Gasteiger partial charge in [0, 0.05) is 51.7 Å². The second-order valence-corrected chi connectivity index (χ2v) is 14.8. The Balaban J connectivity index is 1.89. The average molecular weight is 625 g/mol. The van der Waals surface area contributed by atoms with Crippen LogP contribution in [0.2, 0.25) is 0 Å². The topological polar surface area (TPSA) is 84.0 Å². The first-order valence-corrected chi connectivity index (χ1v) is 16.8. The highest BCUT2D eigenvalue weighted by Crippen LogP contribution is 2.47. The van der Waals surface area contributed by atoms with Crippen molar-refractivity contribution in [3.63, 3.8) is 0 Å². The molecule has 0 aromatic heterocycles. The zero-order valence-electron chi connectivity index (χ0n) is 29.0. The first-order chi connectivity index (χ1) is 21.7. The summed E-state index contributed by atoms with van der Waals surface area (Å²) < 4.78 is 6.03. The number of methoxy groups -OCH3 is 1. The number of carbonyl (C=O) groups excluding carboxylic acids is 4. The molecule has 0 aliphatic carbocycles. The van der Waals surface area contributed by atoms with Crippen molar-refractivity contribution in [3.05, 3.63) is 63.7 Å². The Kier molecular flexibility index (Phi) is 8.93. The van der Waals surface area contributed by atoms with Crippen LogP contribution in [0.1, 0.15) is 146 Å². The van der Waals surface area contributed by atoms with Gasteiger partial charge in [0.05, 0.1) is 12.7 Å². The molecule has 2 heterocycles. The van der Waals surface area contributed by atoms with Gasteiger partial charge in [0.2, 0.25) is 0 Å². The predicted molar refractivity (Wildman–Crippen MR) is 183 cm³/mol. The van der Waals surface area contributed by atoms with Crippen molar-refractivity contribution >= 4 is 34.4 Å². The van der Waals surface area contributed by atoms with Gasteiger partial charge in [-0.15, -0.1) is 0 Å². The molecule has 0 atom stereocenters. The highest BCUT2D eigenvalue weighted by molar-refractivity contribution is 6.35. The fourth-order valence-corrected chi connectivity index (χ4v) is 6.86. The van der Waals surface area contributed by atoms with Crippen molar-refractivity contribution < 1.29 is 23.9 Å². The minimum Gasteiger partial charge on any atom is -0.496 e. The SMILES string of the molecule is CCCCCN1C(=O)c2ccc3c4c(c(-c5cc(C(C)(C)C)c(OC)c(C(C)(C)C)c5)cc(c24)C1=O)C(=O)N(CCCCC)C3=O. The molecule has 7 heteroatoms. The average Bonchev–Trinajstić information content (AvgIpc) is 3.00. The third kappa shape index (κ3) is 5.52. The molecule has 0 fully saturated rings. The van der Waals surface area contributed by atoms with Crippen LogP contribution in [0.3, 0.4) is 0 Å². The van der Waals surface area contributed by atoms with E-state index in [1.807, 2.05) is 0 Å². The van der Waals surface area contributed by atoms with Crippen molar-refractivity contribution in [2.24, 2.45) is 0 Å². The normalized spacial score (nSPS) is 15.0. The Labute approximate surface area is 273 Å². The number of benzene rings is 3. The molecule has 0 unspecified atom stereocenters. The molecule has 3 aromatic carbocycles. The summed E-state index contributed by atoms with van der Waals surface area (Å²) in [5.41, 5.74) is 4.17. The van der Waals surface area contributed by atoms with Gasteiger partial charge < -0.3 is 4.74 Å². The third-order valence-electron chi connectivity index (χ3n) is 9.36. The second-order valence-electron chi connectivity index (χ2n) is 14.8. The lowest BCUT2D eigenvalue weighted by molar-refractivity contribution is 0.0586. The first-order valence-electron chi connectivity index (χ1n) is 16.8. The van der Waals surface area contributed by atoms with E-state index in [1.165, 1.54) is 9.80 Å². The molecule has 4 amide bonds. The van der Waals surface area contributed by atoms with Crippen LogP contribution < -0.4 is 4.74 Å². The summed E-state index contributed by atoms with van der Waals surface area (Å²) in [5, 5.41) is 0.820. The van der Waals surface area contributed by atoms with Gasteiger partial charge in [0.25, 0.3) is 23.6 Å². The van der Waals surface area contributed by atoms with Crippen molar-refractivity contribution in [3.8, 4) is 16.9 Å². The van der Waals surface area contributed by atoms with E-state index in [0.717, 1.165) is 48.1 Å². The molecule has 244 valence electrons. The number of ether oxygens (including phenoxy) is 1. The van der Waals surface area contributed by atoms with Gasteiger partial charge in [-0.3, -0.25) is 29.0 Å². The van der Waals surface area contributed by atoms with Gasteiger partial charge in [-0.2, -0.15) is 0 Å². The summed E-state index contributed by atoms with van der Waals surface area (Å²) in [6.45, 7) is 17.6. The minimum absolute atomic E-state index is 0.299. The standard InChI is InChI=1S/C39H48N2O5/c1-10-12-14-18-40-34(42)24-16-17-25-31-30(24)27(36(40)44)22-26(32(31)37(45)41(35(25)43)19-15-13-11-2)23-20-28(38(3,4)5)33(46-9)29(21-23)39(6,7)8/h16-17,20-22H,10-15,18-19H2,1-9H3. The van der Waals surface area contributed by atoms with Crippen molar-refractivity contribution in [2.45, 2.75) is 105 Å². The molecule has 2 aliphatic rings. The molecule has 0 spiro atoms. The van der Waals surface area contributed by atoms with Gasteiger partial charge in [-0.25, -0.2) is 0 Å². The number of amides is 4. The molecular weight excluding hydrogens is 576 g/mol. The monoisotopic (exact) mass is 624 g/mol. The van der Waals surface area contributed by atoms with Gasteiger partial charge in [-0.05, 0) is 65.1 Å². The van der Waals surface area contributed by atoms with Crippen molar-refractivity contribution in [1.82, 2.24) is 9.80 Å². The summed E-state index contributed by atoms with van der Waals surface area (Å²) in [6.07, 6.45) is 5.12. The molecular formula is C39H48N2O5. The fourth-order valence-electron chi connectivity index (χ4n) is 6.86. The Bertz CT molecular complexity index is 1720. The maximum atomic E-state index is 14.5. The molecule has 2 aliphatic heterocycles. The van der Waals surface area contributed by atoms with Crippen LogP contribution in [0.25, 0.3) is 21.9 Å². The molecule has 0 radical (unpaired) electrons. The number of hydrogen-bond acceptors (Lipinski definition) is 5. The van der Waals surface area contributed by atoms with E-state index < -0.39 is 0 Å². The summed E-state index contributed by atoms with van der Waals surface area (Å²) >= 11 is 0. The molecule has 46 heavy (non-hydrogen) atoms. The van der Waals surface area contributed by atoms with E-state index in [0.29, 0.717) is 64.5 Å². The van der Waals surface area contributed by atoms with E-state index in [-0.39, 0.29) is 34.5 Å². The molecule has 0 saturated heterocycles. The van der Waals surface area contributed by atoms with Gasteiger partial charge in [0.1, 0.15) is 5.75 Å². The van der Waals surface area contributed by atoms with E-state index in [9.17, 15) is 19.2 Å². The summed E-state index contributed by atoms with van der Waals surface area (Å²) in [7, 11) is 1.68. The van der Waals surface area contributed by atoms with Crippen LogP contribution in [0.4, 0.5) is 0 Å². The summed E-state index contributed by atoms with van der Waals surface area (Å²) in [5.74, 6) is -0.728. The maximum absolute atomic E-state index is 14.5. The molecule has 3 aromatic rings. The molecule has 0 N–H and O–H groups in total. The largest absolute Gasteiger partial charge is 0.496 e. The Morgan fingerprint density at radius 3 is 1.50 bits per heavy atom. The minimum atomic E-state index is -0.386. The third-order valence-corrected chi connectivity index (χ3v) is 9.36. The van der Waals surface area contributed by atoms with E-state index in [2.05, 4.69) is 67.5 Å². The zero-order chi connectivity index (χ0) is 33.7. The lowest BCUT2D eigenvalue weighted by Gasteiger charge is -2.34. The fraction of sp³-hybridized carbons (Fsp3) is 0.487. The number of imide groups is 2. The first kappa shape index (κ1) is 33.4. The van der Waals surface area contributed by atoms with Crippen LogP contribution >= 0.6 is 0 Å². The van der Waals surface area contributed by atoms with E-state index >= 15 is 0 Å². The van der Waals surface area contributed by atoms with Gasteiger partial charge >= 0.3 is 0 Å². The molecule has 0 saturated carbocycles. The van der Waals surface area contributed by atoms with Gasteiger partial charge in [-0.1, -0.05) is 81.1 Å². The Hall–Kier alpha value is -4.00. The van der Waals surface area contributed by atoms with Crippen LogP contribution in [-0.4, -0.2) is 53.6 Å². The smallest absolute Gasteiger partial charge is 0.262 e. The molecule has 5 rings (SSSR count). The van der Waals surface area contributed by atoms with E-state index in [4.69, 9.17) is 4.74 Å². The van der Waals surface area contributed by atoms with Crippen LogP contribution in [0, 0.1) is 0 Å². The summed E-state index contributed by atoms with van der Waals surface area (Å²) in [4.78, 5) is 59.1. The van der Waals surface area contributed by atoms with Crippen LogP contribution in [0.15, 0.2) is 30.3 Å². The maximum Gasteiger partial charge on any atom is 0.262 e. The van der Waals surface area contributed by atoms with Gasteiger partial charge in [0.15, 0.2) is 0 Å².